The molecule has 0 bridgehead atoms. The Morgan fingerprint density at radius 2 is 2.14 bits per heavy atom. The average molecular weight is 291 g/mol. The smallest absolute Gasteiger partial charge is 0.320 e. The van der Waals surface area contributed by atoms with Crippen molar-refractivity contribution >= 4 is 5.97 Å². The second kappa shape index (κ2) is 6.58. The zero-order valence-corrected chi connectivity index (χ0v) is 13.1. The highest BCUT2D eigenvalue weighted by molar-refractivity contribution is 5.73. The fourth-order valence-electron chi connectivity index (χ4n) is 2.56. The van der Waals surface area contributed by atoms with Crippen LogP contribution in [-0.4, -0.2) is 17.1 Å². The normalized spacial score (nSPS) is 15.8. The van der Waals surface area contributed by atoms with Crippen molar-refractivity contribution in [3.05, 3.63) is 34.9 Å². The van der Waals surface area contributed by atoms with Gasteiger partial charge in [-0.15, -0.1) is 0 Å². The van der Waals surface area contributed by atoms with Gasteiger partial charge in [0.1, 0.15) is 6.04 Å². The minimum Gasteiger partial charge on any atom is -0.480 e. The Bertz CT molecular complexity index is 505. The molecule has 1 atom stereocenters. The highest BCUT2D eigenvalue weighted by Gasteiger charge is 2.21. The summed E-state index contributed by atoms with van der Waals surface area (Å²) in [7, 11) is 0. The van der Waals surface area contributed by atoms with Crippen molar-refractivity contribution in [3.8, 4) is 0 Å². The largest absolute Gasteiger partial charge is 0.480 e. The maximum Gasteiger partial charge on any atom is 0.320 e. The molecule has 116 valence electrons. The molecular weight excluding hydrogens is 266 g/mol. The number of fused-ring (bicyclic) bond motifs is 1. The molecular formula is C17H25NO3. The summed E-state index contributed by atoms with van der Waals surface area (Å²) in [6, 6.07) is 5.63. The topological polar surface area (TPSA) is 58.6 Å². The number of hydrogen-bond acceptors (Lipinski definition) is 3. The summed E-state index contributed by atoms with van der Waals surface area (Å²) in [6.45, 7) is 8.27. The van der Waals surface area contributed by atoms with Crippen LogP contribution < -0.4 is 5.32 Å². The van der Waals surface area contributed by atoms with Crippen LogP contribution in [0.1, 0.15) is 50.3 Å². The van der Waals surface area contributed by atoms with Crippen LogP contribution in [0.4, 0.5) is 0 Å². The molecule has 1 aliphatic rings. The maximum absolute atomic E-state index is 11.4. The lowest BCUT2D eigenvalue weighted by Crippen LogP contribution is -2.37. The Hall–Kier alpha value is -1.39. The van der Waals surface area contributed by atoms with Gasteiger partial charge in [-0.3, -0.25) is 4.79 Å². The molecule has 1 aromatic carbocycles. The first-order valence-electron chi connectivity index (χ1n) is 7.50. The third-order valence-electron chi connectivity index (χ3n) is 3.89. The van der Waals surface area contributed by atoms with Gasteiger partial charge in [0, 0.05) is 6.54 Å². The first-order valence-corrected chi connectivity index (χ1v) is 7.50. The zero-order chi connectivity index (χ0) is 15.5. The van der Waals surface area contributed by atoms with E-state index in [1.165, 1.54) is 11.1 Å². The molecule has 2 rings (SSSR count). The van der Waals surface area contributed by atoms with Crippen LogP contribution in [-0.2, 0) is 29.3 Å². The summed E-state index contributed by atoms with van der Waals surface area (Å²) >= 11 is 0. The van der Waals surface area contributed by atoms with E-state index in [1.807, 2.05) is 12.1 Å². The summed E-state index contributed by atoms with van der Waals surface area (Å²) in [6.07, 6.45) is 1.53. The van der Waals surface area contributed by atoms with Gasteiger partial charge in [-0.05, 0) is 34.9 Å². The predicted octanol–water partition coefficient (Wildman–Crippen LogP) is 3.09. The highest BCUT2D eigenvalue weighted by atomic mass is 16.5. The van der Waals surface area contributed by atoms with Crippen molar-refractivity contribution in [2.75, 3.05) is 0 Å². The van der Waals surface area contributed by atoms with E-state index in [-0.39, 0.29) is 5.41 Å². The number of hydrogen-bond donors (Lipinski definition) is 2. The van der Waals surface area contributed by atoms with Crippen LogP contribution in [0.25, 0.3) is 0 Å². The Morgan fingerprint density at radius 1 is 1.38 bits per heavy atom. The van der Waals surface area contributed by atoms with E-state index in [2.05, 4.69) is 32.2 Å². The van der Waals surface area contributed by atoms with Gasteiger partial charge in [-0.2, -0.15) is 0 Å². The van der Waals surface area contributed by atoms with Crippen LogP contribution in [0.5, 0.6) is 0 Å². The Morgan fingerprint density at radius 3 is 2.81 bits per heavy atom. The quantitative estimate of drug-likeness (QED) is 0.845. The third-order valence-corrected chi connectivity index (χ3v) is 3.89. The number of carbonyl (C=O) groups is 1. The molecule has 1 aromatic rings. The maximum atomic E-state index is 11.4. The van der Waals surface area contributed by atoms with Gasteiger partial charge in [0.05, 0.1) is 13.2 Å². The highest BCUT2D eigenvalue weighted by Crippen LogP contribution is 2.24. The first kappa shape index (κ1) is 16.0. The number of ether oxygens (including phenoxy) is 1. The predicted molar refractivity (Wildman–Crippen MR) is 81.9 cm³/mol. The van der Waals surface area contributed by atoms with Gasteiger partial charge >= 0.3 is 5.97 Å². The minimum atomic E-state index is -0.775. The summed E-state index contributed by atoms with van der Waals surface area (Å²) in [5, 5.41) is 12.5. The Balaban J connectivity index is 1.96. The Kier molecular flexibility index (Phi) is 5.01. The van der Waals surface area contributed by atoms with Crippen LogP contribution in [0.15, 0.2) is 18.2 Å². The van der Waals surface area contributed by atoms with Gasteiger partial charge in [-0.25, -0.2) is 0 Å². The minimum absolute atomic E-state index is 0.150. The van der Waals surface area contributed by atoms with Crippen molar-refractivity contribution in [1.29, 1.82) is 0 Å². The van der Waals surface area contributed by atoms with Crippen LogP contribution >= 0.6 is 0 Å². The molecule has 4 heteroatoms. The van der Waals surface area contributed by atoms with Gasteiger partial charge in [0.2, 0.25) is 0 Å². The molecule has 21 heavy (non-hydrogen) atoms. The molecule has 0 amide bonds. The summed E-state index contributed by atoms with van der Waals surface area (Å²) in [5.41, 5.74) is 3.73. The van der Waals surface area contributed by atoms with Gasteiger partial charge in [0.15, 0.2) is 0 Å². The van der Waals surface area contributed by atoms with Crippen LogP contribution in [0.3, 0.4) is 0 Å². The van der Waals surface area contributed by atoms with E-state index in [4.69, 9.17) is 4.74 Å². The van der Waals surface area contributed by atoms with Gasteiger partial charge < -0.3 is 15.2 Å². The standard InChI is InChI=1S/C17H25NO3/c1-17(2,3)8-7-15(16(19)20)18-9-12-5-4-6-13-10-21-11-14(12)13/h4-6,15,18H,7-11H2,1-3H3,(H,19,20)/t15-/m0/s1. The lowest BCUT2D eigenvalue weighted by Gasteiger charge is -2.22. The first-order chi connectivity index (χ1) is 9.87. The van der Waals surface area contributed by atoms with E-state index < -0.39 is 12.0 Å². The average Bonchev–Trinajstić information content (AvgIpc) is 2.85. The van der Waals surface area contributed by atoms with Crippen molar-refractivity contribution in [2.45, 2.75) is 59.4 Å². The number of benzene rings is 1. The number of carboxylic acid groups (broad SMARTS) is 1. The molecule has 0 saturated heterocycles. The molecule has 1 aliphatic heterocycles. The molecule has 0 fully saturated rings. The van der Waals surface area contributed by atoms with E-state index in [0.29, 0.717) is 26.2 Å². The van der Waals surface area contributed by atoms with Crippen molar-refractivity contribution < 1.29 is 14.6 Å². The molecule has 0 aliphatic carbocycles. The zero-order valence-electron chi connectivity index (χ0n) is 13.1. The lowest BCUT2D eigenvalue weighted by atomic mass is 9.88. The molecule has 0 spiro atoms. The van der Waals surface area contributed by atoms with Crippen molar-refractivity contribution in [1.82, 2.24) is 5.32 Å². The molecule has 0 unspecified atom stereocenters. The van der Waals surface area contributed by atoms with E-state index in [1.54, 1.807) is 0 Å². The second-order valence-electron chi connectivity index (χ2n) is 6.92. The summed E-state index contributed by atoms with van der Waals surface area (Å²) in [5.74, 6) is -0.775. The molecule has 4 nitrogen and oxygen atoms in total. The van der Waals surface area contributed by atoms with E-state index >= 15 is 0 Å². The number of carboxylic acids is 1. The van der Waals surface area contributed by atoms with Crippen LogP contribution in [0.2, 0.25) is 0 Å². The van der Waals surface area contributed by atoms with E-state index in [9.17, 15) is 9.90 Å². The number of aliphatic carboxylic acids is 1. The number of nitrogens with one attached hydrogen (secondary N) is 1. The molecule has 0 aromatic heterocycles. The summed E-state index contributed by atoms with van der Waals surface area (Å²) < 4.78 is 5.46. The third kappa shape index (κ3) is 4.55. The molecule has 0 saturated carbocycles. The van der Waals surface area contributed by atoms with Crippen molar-refractivity contribution in [3.63, 3.8) is 0 Å². The molecule has 0 radical (unpaired) electrons. The number of rotatable bonds is 6. The fourth-order valence-corrected chi connectivity index (χ4v) is 2.56. The summed E-state index contributed by atoms with van der Waals surface area (Å²) in [4.78, 5) is 11.4. The van der Waals surface area contributed by atoms with Gasteiger partial charge in [-0.1, -0.05) is 39.0 Å². The van der Waals surface area contributed by atoms with Crippen molar-refractivity contribution in [2.24, 2.45) is 5.41 Å². The lowest BCUT2D eigenvalue weighted by molar-refractivity contribution is -0.139. The van der Waals surface area contributed by atoms with Crippen LogP contribution in [0, 0.1) is 5.41 Å². The SMILES string of the molecule is CC(C)(C)CC[C@H](NCc1cccc2c1COC2)C(=O)O. The fraction of sp³-hybridized carbons (Fsp3) is 0.588. The van der Waals surface area contributed by atoms with E-state index in [0.717, 1.165) is 12.0 Å². The molecule has 2 N–H and O–H groups in total. The second-order valence-corrected chi connectivity index (χ2v) is 6.92. The monoisotopic (exact) mass is 291 g/mol. The molecule has 1 heterocycles. The Labute approximate surface area is 126 Å². The van der Waals surface area contributed by atoms with Gasteiger partial charge in [0.25, 0.3) is 0 Å².